The van der Waals surface area contributed by atoms with Crippen LogP contribution in [-0.4, -0.2) is 22.6 Å². The van der Waals surface area contributed by atoms with Gasteiger partial charge in [0.2, 0.25) is 0 Å². The molecule has 0 saturated heterocycles. The van der Waals surface area contributed by atoms with Crippen LogP contribution in [0, 0.1) is 19.7 Å². The second kappa shape index (κ2) is 8.75. The van der Waals surface area contributed by atoms with E-state index in [2.05, 4.69) is 0 Å². The van der Waals surface area contributed by atoms with Crippen LogP contribution >= 0.6 is 0 Å². The van der Waals surface area contributed by atoms with Crippen LogP contribution in [0.25, 0.3) is 0 Å². The molecule has 30 heavy (non-hydrogen) atoms. The Kier molecular flexibility index (Phi) is 6.31. The fourth-order valence-corrected chi connectivity index (χ4v) is 4.54. The predicted octanol–water partition coefficient (Wildman–Crippen LogP) is 4.86. The highest BCUT2D eigenvalue weighted by Crippen LogP contribution is 2.33. The molecule has 0 spiro atoms. The van der Waals surface area contributed by atoms with Crippen molar-refractivity contribution in [2.75, 3.05) is 18.5 Å². The molecule has 7 heteroatoms. The smallest absolute Gasteiger partial charge is 0.264 e. The summed E-state index contributed by atoms with van der Waals surface area (Å²) in [7, 11) is -1.09. The highest BCUT2D eigenvalue weighted by molar-refractivity contribution is 7.92. The van der Waals surface area contributed by atoms with Crippen molar-refractivity contribution in [2.24, 2.45) is 0 Å². The van der Waals surface area contributed by atoms with E-state index in [4.69, 9.17) is 9.47 Å². The third kappa shape index (κ3) is 4.57. The zero-order valence-corrected chi connectivity index (χ0v) is 18.2. The first-order valence-electron chi connectivity index (χ1n) is 9.32. The number of anilines is 1. The van der Waals surface area contributed by atoms with E-state index in [1.165, 1.54) is 30.7 Å². The second-order valence-electron chi connectivity index (χ2n) is 6.98. The molecule has 0 atom stereocenters. The van der Waals surface area contributed by atoms with Crippen molar-refractivity contribution in [1.29, 1.82) is 0 Å². The summed E-state index contributed by atoms with van der Waals surface area (Å²) in [6.07, 6.45) is 0. The standard InChI is InChI=1S/C23H24FNO4S/c1-16-6-5-7-18(10-16)15-25(19-11-20(28-3)13-21(12-19)29-4)30(26,27)22-9-8-17(2)23(24)14-22/h5-14H,15H2,1-4H3. The number of benzene rings is 3. The number of ether oxygens (including phenoxy) is 2. The zero-order chi connectivity index (χ0) is 21.9. The molecule has 0 heterocycles. The molecule has 0 aliphatic rings. The van der Waals surface area contributed by atoms with Crippen LogP contribution in [0.1, 0.15) is 16.7 Å². The SMILES string of the molecule is COc1cc(OC)cc(N(Cc2cccc(C)c2)S(=O)(=O)c2ccc(C)c(F)c2)c1. The van der Waals surface area contributed by atoms with Gasteiger partial charge in [-0.15, -0.1) is 0 Å². The molecule has 0 fully saturated rings. The topological polar surface area (TPSA) is 55.8 Å². The summed E-state index contributed by atoms with van der Waals surface area (Å²) in [6.45, 7) is 3.59. The fraction of sp³-hybridized carbons (Fsp3) is 0.217. The molecule has 0 radical (unpaired) electrons. The lowest BCUT2D eigenvalue weighted by Crippen LogP contribution is -2.30. The largest absolute Gasteiger partial charge is 0.497 e. The molecular weight excluding hydrogens is 405 g/mol. The molecule has 3 aromatic carbocycles. The van der Waals surface area contributed by atoms with E-state index in [0.29, 0.717) is 22.7 Å². The Labute approximate surface area is 176 Å². The quantitative estimate of drug-likeness (QED) is 0.539. The van der Waals surface area contributed by atoms with Gasteiger partial charge in [0.1, 0.15) is 17.3 Å². The molecule has 0 unspecified atom stereocenters. The average Bonchev–Trinajstić information content (AvgIpc) is 2.73. The van der Waals surface area contributed by atoms with Gasteiger partial charge in [-0.2, -0.15) is 0 Å². The lowest BCUT2D eigenvalue weighted by Gasteiger charge is -2.26. The van der Waals surface area contributed by atoms with Crippen LogP contribution in [0.15, 0.2) is 65.6 Å². The number of rotatable bonds is 7. The summed E-state index contributed by atoms with van der Waals surface area (Å²) in [5.41, 5.74) is 2.54. The van der Waals surface area contributed by atoms with Crippen LogP contribution in [0.2, 0.25) is 0 Å². The van der Waals surface area contributed by atoms with Crippen LogP contribution in [0.5, 0.6) is 11.5 Å². The van der Waals surface area contributed by atoms with Crippen molar-refractivity contribution >= 4 is 15.7 Å². The van der Waals surface area contributed by atoms with Gasteiger partial charge in [-0.05, 0) is 37.1 Å². The maximum atomic E-state index is 14.2. The van der Waals surface area contributed by atoms with E-state index >= 15 is 0 Å². The minimum absolute atomic E-state index is 0.0653. The molecule has 0 aliphatic heterocycles. The van der Waals surface area contributed by atoms with E-state index in [9.17, 15) is 12.8 Å². The summed E-state index contributed by atoms with van der Waals surface area (Å²) in [4.78, 5) is -0.125. The van der Waals surface area contributed by atoms with Crippen molar-refractivity contribution in [1.82, 2.24) is 0 Å². The van der Waals surface area contributed by atoms with Crippen molar-refractivity contribution in [3.05, 3.63) is 83.2 Å². The van der Waals surface area contributed by atoms with E-state index in [1.807, 2.05) is 31.2 Å². The van der Waals surface area contributed by atoms with Gasteiger partial charge in [-0.25, -0.2) is 12.8 Å². The Balaban J connectivity index is 2.17. The monoisotopic (exact) mass is 429 g/mol. The number of hydrogen-bond donors (Lipinski definition) is 0. The van der Waals surface area contributed by atoms with E-state index in [0.717, 1.165) is 17.2 Å². The Hall–Kier alpha value is -3.06. The van der Waals surface area contributed by atoms with Gasteiger partial charge in [-0.1, -0.05) is 35.9 Å². The van der Waals surface area contributed by atoms with Crippen molar-refractivity contribution in [3.8, 4) is 11.5 Å². The Morgan fingerprint density at radius 2 is 1.57 bits per heavy atom. The Morgan fingerprint density at radius 1 is 0.900 bits per heavy atom. The average molecular weight is 430 g/mol. The van der Waals surface area contributed by atoms with Crippen LogP contribution in [-0.2, 0) is 16.6 Å². The van der Waals surface area contributed by atoms with Gasteiger partial charge >= 0.3 is 0 Å². The Morgan fingerprint density at radius 3 is 2.13 bits per heavy atom. The van der Waals surface area contributed by atoms with Crippen LogP contribution < -0.4 is 13.8 Å². The van der Waals surface area contributed by atoms with Crippen LogP contribution in [0.4, 0.5) is 10.1 Å². The summed E-state index contributed by atoms with van der Waals surface area (Å²) in [5, 5.41) is 0. The predicted molar refractivity (Wildman–Crippen MR) is 115 cm³/mol. The summed E-state index contributed by atoms with van der Waals surface area (Å²) in [6, 6.07) is 16.4. The summed E-state index contributed by atoms with van der Waals surface area (Å²) < 4.78 is 53.1. The first-order valence-corrected chi connectivity index (χ1v) is 10.8. The zero-order valence-electron chi connectivity index (χ0n) is 17.3. The maximum Gasteiger partial charge on any atom is 0.264 e. The lowest BCUT2D eigenvalue weighted by molar-refractivity contribution is 0.394. The van der Waals surface area contributed by atoms with Gasteiger partial charge in [0.05, 0.1) is 31.3 Å². The van der Waals surface area contributed by atoms with Crippen molar-refractivity contribution < 1.29 is 22.3 Å². The van der Waals surface area contributed by atoms with Gasteiger partial charge in [0.15, 0.2) is 0 Å². The van der Waals surface area contributed by atoms with Gasteiger partial charge in [0, 0.05) is 18.2 Å². The molecule has 3 rings (SSSR count). The van der Waals surface area contributed by atoms with Gasteiger partial charge in [0.25, 0.3) is 10.0 Å². The third-order valence-electron chi connectivity index (χ3n) is 4.76. The summed E-state index contributed by atoms with van der Waals surface area (Å²) in [5.74, 6) is 0.322. The molecule has 0 amide bonds. The second-order valence-corrected chi connectivity index (χ2v) is 8.84. The summed E-state index contributed by atoms with van der Waals surface area (Å²) >= 11 is 0. The van der Waals surface area contributed by atoms with E-state index in [-0.39, 0.29) is 11.4 Å². The normalized spacial score (nSPS) is 11.2. The molecule has 3 aromatic rings. The maximum absolute atomic E-state index is 14.2. The third-order valence-corrected chi connectivity index (χ3v) is 6.53. The van der Waals surface area contributed by atoms with E-state index < -0.39 is 15.8 Å². The number of methoxy groups -OCH3 is 2. The first kappa shape index (κ1) is 21.6. The molecule has 5 nitrogen and oxygen atoms in total. The number of aryl methyl sites for hydroxylation is 2. The highest BCUT2D eigenvalue weighted by atomic mass is 32.2. The van der Waals surface area contributed by atoms with Crippen molar-refractivity contribution in [3.63, 3.8) is 0 Å². The number of hydrogen-bond acceptors (Lipinski definition) is 4. The van der Waals surface area contributed by atoms with Gasteiger partial charge < -0.3 is 9.47 Å². The minimum atomic E-state index is -4.07. The molecule has 0 aliphatic carbocycles. The van der Waals surface area contributed by atoms with E-state index in [1.54, 1.807) is 25.1 Å². The number of nitrogens with zero attached hydrogens (tertiary/aromatic N) is 1. The Bertz CT molecular complexity index is 1140. The van der Waals surface area contributed by atoms with Gasteiger partial charge in [-0.3, -0.25) is 4.31 Å². The molecule has 158 valence electrons. The molecule has 0 aromatic heterocycles. The molecule has 0 saturated carbocycles. The fourth-order valence-electron chi connectivity index (χ4n) is 3.09. The molecular formula is C23H24FNO4S. The number of sulfonamides is 1. The molecule has 0 N–H and O–H groups in total. The minimum Gasteiger partial charge on any atom is -0.497 e. The molecule has 0 bridgehead atoms. The van der Waals surface area contributed by atoms with Crippen LogP contribution in [0.3, 0.4) is 0 Å². The first-order chi connectivity index (χ1) is 14.2. The number of halogens is 1. The van der Waals surface area contributed by atoms with Crippen molar-refractivity contribution in [2.45, 2.75) is 25.3 Å². The lowest BCUT2D eigenvalue weighted by atomic mass is 10.1. The highest BCUT2D eigenvalue weighted by Gasteiger charge is 2.27.